The van der Waals surface area contributed by atoms with Crippen molar-refractivity contribution in [1.82, 2.24) is 10.2 Å². The highest BCUT2D eigenvalue weighted by Crippen LogP contribution is 2.26. The van der Waals surface area contributed by atoms with Gasteiger partial charge in [-0.1, -0.05) is 48.0 Å². The van der Waals surface area contributed by atoms with Crippen molar-refractivity contribution in [3.63, 3.8) is 0 Å². The predicted molar refractivity (Wildman–Crippen MR) is 85.6 cm³/mol. The van der Waals surface area contributed by atoms with E-state index >= 15 is 0 Å². The third kappa shape index (κ3) is 4.46. The van der Waals surface area contributed by atoms with Crippen LogP contribution < -0.4 is 5.32 Å². The van der Waals surface area contributed by atoms with Crippen LogP contribution in [0.5, 0.6) is 0 Å². The monoisotopic (exact) mass is 268 g/mol. The zero-order valence-corrected chi connectivity index (χ0v) is 14.1. The highest BCUT2D eigenvalue weighted by molar-refractivity contribution is 4.97. The average Bonchev–Trinajstić information content (AvgIpc) is 2.38. The molecule has 114 valence electrons. The topological polar surface area (TPSA) is 15.3 Å². The molecule has 0 saturated carbocycles. The van der Waals surface area contributed by atoms with E-state index in [0.29, 0.717) is 11.6 Å². The zero-order chi connectivity index (χ0) is 14.5. The average molecular weight is 268 g/mol. The third-order valence-corrected chi connectivity index (χ3v) is 5.11. The van der Waals surface area contributed by atoms with Crippen LogP contribution in [0.4, 0.5) is 0 Å². The van der Waals surface area contributed by atoms with Gasteiger partial charge in [0.1, 0.15) is 0 Å². The normalized spacial score (nSPS) is 25.7. The van der Waals surface area contributed by atoms with Gasteiger partial charge in [-0.15, -0.1) is 0 Å². The van der Waals surface area contributed by atoms with Crippen LogP contribution in [0.1, 0.15) is 67.2 Å². The molecule has 1 aliphatic heterocycles. The summed E-state index contributed by atoms with van der Waals surface area (Å²) in [5.74, 6) is 1.57. The summed E-state index contributed by atoms with van der Waals surface area (Å²) in [5, 5.41) is 3.86. The van der Waals surface area contributed by atoms with Gasteiger partial charge in [-0.25, -0.2) is 0 Å². The van der Waals surface area contributed by atoms with Gasteiger partial charge in [0.25, 0.3) is 0 Å². The van der Waals surface area contributed by atoms with E-state index in [1.807, 2.05) is 0 Å². The van der Waals surface area contributed by atoms with Crippen molar-refractivity contribution in [3.8, 4) is 0 Å². The van der Waals surface area contributed by atoms with Crippen molar-refractivity contribution in [3.05, 3.63) is 0 Å². The molecular formula is C17H36N2. The Hall–Kier alpha value is -0.0800. The third-order valence-electron chi connectivity index (χ3n) is 5.11. The quantitative estimate of drug-likeness (QED) is 0.753. The lowest BCUT2D eigenvalue weighted by molar-refractivity contribution is 0.0391. The first-order valence-corrected chi connectivity index (χ1v) is 8.47. The minimum atomic E-state index is 0.358. The van der Waals surface area contributed by atoms with Gasteiger partial charge in [-0.2, -0.15) is 0 Å². The Kier molecular flexibility index (Phi) is 6.82. The van der Waals surface area contributed by atoms with Gasteiger partial charge >= 0.3 is 0 Å². The Labute approximate surface area is 121 Å². The highest BCUT2D eigenvalue weighted by Gasteiger charge is 2.37. The summed E-state index contributed by atoms with van der Waals surface area (Å²) in [6, 6.07) is 0.713. The number of rotatable bonds is 7. The van der Waals surface area contributed by atoms with Crippen LogP contribution in [0.2, 0.25) is 0 Å². The second kappa shape index (κ2) is 7.64. The number of hydrogen-bond donors (Lipinski definition) is 1. The van der Waals surface area contributed by atoms with E-state index in [0.717, 1.165) is 18.4 Å². The van der Waals surface area contributed by atoms with Crippen molar-refractivity contribution in [2.45, 2.75) is 78.8 Å². The number of nitrogens with zero attached hydrogens (tertiary/aromatic N) is 1. The molecule has 2 nitrogen and oxygen atoms in total. The molecule has 1 N–H and O–H groups in total. The fraction of sp³-hybridized carbons (Fsp3) is 1.00. The van der Waals surface area contributed by atoms with E-state index in [-0.39, 0.29) is 0 Å². The molecule has 0 aliphatic carbocycles. The Morgan fingerprint density at radius 1 is 1.16 bits per heavy atom. The molecule has 1 heterocycles. The van der Waals surface area contributed by atoms with Crippen molar-refractivity contribution in [1.29, 1.82) is 0 Å². The summed E-state index contributed by atoms with van der Waals surface area (Å²) in [6.45, 7) is 17.8. The smallest absolute Gasteiger partial charge is 0.0304 e. The molecular weight excluding hydrogens is 232 g/mol. The van der Waals surface area contributed by atoms with Gasteiger partial charge in [0.15, 0.2) is 0 Å². The van der Waals surface area contributed by atoms with Crippen LogP contribution in [0.15, 0.2) is 0 Å². The van der Waals surface area contributed by atoms with Crippen molar-refractivity contribution < 1.29 is 0 Å². The van der Waals surface area contributed by atoms with Crippen LogP contribution in [0.25, 0.3) is 0 Å². The molecule has 2 unspecified atom stereocenters. The lowest BCUT2D eigenvalue weighted by atomic mass is 9.85. The molecule has 0 radical (unpaired) electrons. The lowest BCUT2D eigenvalue weighted by Gasteiger charge is -2.49. The van der Waals surface area contributed by atoms with E-state index in [1.54, 1.807) is 0 Å². The summed E-state index contributed by atoms with van der Waals surface area (Å²) in [6.07, 6.45) is 5.16. The predicted octanol–water partition coefficient (Wildman–Crippen LogP) is 3.91. The Bertz CT molecular complexity index is 246. The SMILES string of the molecule is CCCC(C)CN1CC(CC)(CC)NCC1C(C)C. The molecule has 2 atom stereocenters. The number of nitrogens with one attached hydrogen (secondary N) is 1. The highest BCUT2D eigenvalue weighted by atomic mass is 15.3. The Balaban J connectivity index is 2.73. The van der Waals surface area contributed by atoms with Crippen molar-refractivity contribution >= 4 is 0 Å². The van der Waals surface area contributed by atoms with E-state index < -0.39 is 0 Å². The maximum Gasteiger partial charge on any atom is 0.0304 e. The zero-order valence-electron chi connectivity index (χ0n) is 14.1. The summed E-state index contributed by atoms with van der Waals surface area (Å²) < 4.78 is 0. The van der Waals surface area contributed by atoms with Gasteiger partial charge in [-0.05, 0) is 31.1 Å². The van der Waals surface area contributed by atoms with E-state index in [2.05, 4.69) is 51.8 Å². The Morgan fingerprint density at radius 3 is 2.26 bits per heavy atom. The summed E-state index contributed by atoms with van der Waals surface area (Å²) in [5.41, 5.74) is 0.358. The van der Waals surface area contributed by atoms with Crippen LogP contribution in [-0.4, -0.2) is 36.1 Å². The minimum Gasteiger partial charge on any atom is -0.308 e. The van der Waals surface area contributed by atoms with Crippen LogP contribution >= 0.6 is 0 Å². The molecule has 1 aliphatic rings. The lowest BCUT2D eigenvalue weighted by Crippen LogP contribution is -2.65. The molecule has 0 bridgehead atoms. The van der Waals surface area contributed by atoms with Gasteiger partial charge in [0, 0.05) is 31.2 Å². The van der Waals surface area contributed by atoms with E-state index in [9.17, 15) is 0 Å². The van der Waals surface area contributed by atoms with Crippen molar-refractivity contribution in [2.24, 2.45) is 11.8 Å². The molecule has 0 aromatic heterocycles. The van der Waals surface area contributed by atoms with E-state index in [1.165, 1.54) is 38.8 Å². The second-order valence-corrected chi connectivity index (χ2v) is 7.00. The molecule has 1 rings (SSSR count). The van der Waals surface area contributed by atoms with Crippen LogP contribution in [-0.2, 0) is 0 Å². The van der Waals surface area contributed by atoms with Gasteiger partial charge < -0.3 is 5.32 Å². The fourth-order valence-corrected chi connectivity index (χ4v) is 3.58. The van der Waals surface area contributed by atoms with Crippen LogP contribution in [0.3, 0.4) is 0 Å². The number of piperazine rings is 1. The van der Waals surface area contributed by atoms with Crippen molar-refractivity contribution in [2.75, 3.05) is 19.6 Å². The first-order chi connectivity index (χ1) is 8.98. The largest absolute Gasteiger partial charge is 0.308 e. The summed E-state index contributed by atoms with van der Waals surface area (Å²) in [7, 11) is 0. The fourth-order valence-electron chi connectivity index (χ4n) is 3.58. The first kappa shape index (κ1) is 17.0. The van der Waals surface area contributed by atoms with E-state index in [4.69, 9.17) is 0 Å². The molecule has 1 fully saturated rings. The molecule has 0 amide bonds. The summed E-state index contributed by atoms with van der Waals surface area (Å²) in [4.78, 5) is 2.79. The number of hydrogen-bond acceptors (Lipinski definition) is 2. The maximum absolute atomic E-state index is 3.86. The molecule has 19 heavy (non-hydrogen) atoms. The van der Waals surface area contributed by atoms with Gasteiger partial charge in [0.05, 0.1) is 0 Å². The van der Waals surface area contributed by atoms with Gasteiger partial charge in [0.2, 0.25) is 0 Å². The first-order valence-electron chi connectivity index (χ1n) is 8.47. The molecule has 1 saturated heterocycles. The van der Waals surface area contributed by atoms with Crippen LogP contribution in [0, 0.1) is 11.8 Å². The maximum atomic E-state index is 3.86. The standard InChI is InChI=1S/C17H36N2/c1-7-10-15(6)12-19-13-17(8-2,9-3)18-11-16(19)14(4)5/h14-16,18H,7-13H2,1-6H3. The van der Waals surface area contributed by atoms with Gasteiger partial charge in [-0.3, -0.25) is 4.90 Å². The molecule has 0 aromatic rings. The second-order valence-electron chi connectivity index (χ2n) is 7.00. The molecule has 0 aromatic carbocycles. The minimum absolute atomic E-state index is 0.358. The Morgan fingerprint density at radius 2 is 1.79 bits per heavy atom. The molecule has 0 spiro atoms. The molecule has 2 heteroatoms. The summed E-state index contributed by atoms with van der Waals surface area (Å²) >= 11 is 0.